The molecule has 0 aliphatic heterocycles. The zero-order valence-electron chi connectivity index (χ0n) is 10.5. The molecule has 0 bridgehead atoms. The molecule has 126 valence electrons. The lowest BCUT2D eigenvalue weighted by molar-refractivity contribution is -0.146. The Hall–Kier alpha value is -0.710. The summed E-state index contributed by atoms with van der Waals surface area (Å²) in [5.74, 6) is -3.37. The fraction of sp³-hybridized carbons (Fsp3) is 0.889. The second-order valence-corrected chi connectivity index (χ2v) is 7.22. The lowest BCUT2D eigenvalue weighted by atomic mass is 10.2. The molecule has 0 saturated carbocycles. The Bertz CT molecular complexity index is 472. The normalized spacial score (nSPS) is 16.4. The number of sulfone groups is 1. The van der Waals surface area contributed by atoms with Gasteiger partial charge in [-0.25, -0.2) is 13.2 Å². The molecular formula is C9H11ClF6O4S. The maximum Gasteiger partial charge on any atom is 0.390 e. The van der Waals surface area contributed by atoms with Crippen LogP contribution in [-0.2, 0) is 19.4 Å². The standard InChI is InChI=1S/C9H11ClF6O4S/c1-20-6(17)7(10,2-3-8(11,12)13)21(18,19)5-4-9(14,15)16/h2-5H2,1H3. The van der Waals surface area contributed by atoms with Crippen LogP contribution in [0.1, 0.15) is 19.3 Å². The lowest BCUT2D eigenvalue weighted by Crippen LogP contribution is -2.44. The van der Waals surface area contributed by atoms with E-state index in [9.17, 15) is 39.6 Å². The molecule has 0 rings (SSSR count). The fourth-order valence-corrected chi connectivity index (χ4v) is 3.23. The molecule has 0 fully saturated rings. The van der Waals surface area contributed by atoms with Crippen LogP contribution in [0.25, 0.3) is 0 Å². The van der Waals surface area contributed by atoms with Gasteiger partial charge in [-0.3, -0.25) is 0 Å². The molecule has 0 saturated heterocycles. The van der Waals surface area contributed by atoms with Crippen LogP contribution in [0, 0.1) is 0 Å². The number of hydrogen-bond donors (Lipinski definition) is 0. The summed E-state index contributed by atoms with van der Waals surface area (Å²) in [6, 6.07) is 0. The zero-order chi connectivity index (χ0) is 17.1. The Morgan fingerprint density at radius 3 is 1.76 bits per heavy atom. The Balaban J connectivity index is 5.35. The highest BCUT2D eigenvalue weighted by molar-refractivity contribution is 7.95. The summed E-state index contributed by atoms with van der Waals surface area (Å²) in [5, 5.41) is 0. The minimum Gasteiger partial charge on any atom is -0.467 e. The number of esters is 1. The first-order chi connectivity index (χ1) is 9.15. The van der Waals surface area contributed by atoms with Gasteiger partial charge in [0.25, 0.3) is 0 Å². The predicted octanol–water partition coefficient (Wildman–Crippen LogP) is 2.80. The summed E-state index contributed by atoms with van der Waals surface area (Å²) in [7, 11) is -4.36. The van der Waals surface area contributed by atoms with Gasteiger partial charge >= 0.3 is 18.3 Å². The van der Waals surface area contributed by atoms with Crippen molar-refractivity contribution in [3.05, 3.63) is 0 Å². The molecule has 1 atom stereocenters. The minimum absolute atomic E-state index is 0.659. The average Bonchev–Trinajstić information content (AvgIpc) is 2.30. The molecular weight excluding hydrogens is 354 g/mol. The van der Waals surface area contributed by atoms with Crippen LogP contribution in [0.5, 0.6) is 0 Å². The summed E-state index contributed by atoms with van der Waals surface area (Å²) in [6.07, 6.45) is -14.8. The summed E-state index contributed by atoms with van der Waals surface area (Å²) in [4.78, 5) is 11.3. The number of hydrogen-bond acceptors (Lipinski definition) is 4. The van der Waals surface area contributed by atoms with Crippen molar-refractivity contribution in [2.75, 3.05) is 12.9 Å². The molecule has 4 nitrogen and oxygen atoms in total. The van der Waals surface area contributed by atoms with Crippen LogP contribution in [0.2, 0.25) is 0 Å². The van der Waals surface area contributed by atoms with Gasteiger partial charge in [-0.15, -0.1) is 0 Å². The van der Waals surface area contributed by atoms with Gasteiger partial charge in [0, 0.05) is 12.8 Å². The van der Waals surface area contributed by atoms with Gasteiger partial charge in [-0.1, -0.05) is 11.6 Å². The van der Waals surface area contributed by atoms with Crippen molar-refractivity contribution >= 4 is 27.4 Å². The molecule has 0 aromatic rings. The van der Waals surface area contributed by atoms with E-state index in [4.69, 9.17) is 11.6 Å². The summed E-state index contributed by atoms with van der Waals surface area (Å²) in [6.45, 7) is 0. The van der Waals surface area contributed by atoms with Crippen molar-refractivity contribution < 1.29 is 44.3 Å². The van der Waals surface area contributed by atoms with Crippen LogP contribution >= 0.6 is 11.6 Å². The molecule has 0 spiro atoms. The van der Waals surface area contributed by atoms with E-state index in [2.05, 4.69) is 4.74 Å². The first kappa shape index (κ1) is 20.3. The molecule has 0 aromatic heterocycles. The molecule has 1 unspecified atom stereocenters. The van der Waals surface area contributed by atoms with Gasteiger partial charge in [0.05, 0.1) is 19.3 Å². The highest BCUT2D eigenvalue weighted by Gasteiger charge is 2.52. The molecule has 0 aliphatic rings. The first-order valence-corrected chi connectivity index (χ1v) is 7.31. The van der Waals surface area contributed by atoms with E-state index in [0.717, 1.165) is 0 Å². The van der Waals surface area contributed by atoms with Gasteiger partial charge < -0.3 is 4.74 Å². The van der Waals surface area contributed by atoms with E-state index in [1.165, 1.54) is 0 Å². The molecule has 0 radical (unpaired) electrons. The summed E-state index contributed by atoms with van der Waals surface area (Å²) >= 11 is 5.39. The Labute approximate surface area is 121 Å². The molecule has 0 aromatic carbocycles. The van der Waals surface area contributed by atoms with E-state index in [0.29, 0.717) is 7.11 Å². The van der Waals surface area contributed by atoms with Crippen molar-refractivity contribution in [2.45, 2.75) is 35.8 Å². The summed E-state index contributed by atoms with van der Waals surface area (Å²) in [5.41, 5.74) is 0. The van der Waals surface area contributed by atoms with E-state index < -0.39 is 57.4 Å². The van der Waals surface area contributed by atoms with Crippen LogP contribution in [-0.4, -0.2) is 43.8 Å². The van der Waals surface area contributed by atoms with Crippen molar-refractivity contribution in [3.63, 3.8) is 0 Å². The topological polar surface area (TPSA) is 60.4 Å². The van der Waals surface area contributed by atoms with Crippen molar-refractivity contribution in [2.24, 2.45) is 0 Å². The quantitative estimate of drug-likeness (QED) is 0.413. The van der Waals surface area contributed by atoms with Gasteiger partial charge in [-0.2, -0.15) is 26.3 Å². The number of carbonyl (C=O) groups excluding carboxylic acids is 1. The smallest absolute Gasteiger partial charge is 0.390 e. The molecule has 0 N–H and O–H groups in total. The molecule has 0 heterocycles. The van der Waals surface area contributed by atoms with E-state index in [1.807, 2.05) is 0 Å². The molecule has 0 aliphatic carbocycles. The monoisotopic (exact) mass is 364 g/mol. The molecule has 0 amide bonds. The third-order valence-corrected chi connectivity index (χ3v) is 5.51. The third-order valence-electron chi connectivity index (χ3n) is 2.37. The minimum atomic E-state index is -5.02. The van der Waals surface area contributed by atoms with Crippen molar-refractivity contribution in [1.29, 1.82) is 0 Å². The van der Waals surface area contributed by atoms with Crippen LogP contribution in [0.4, 0.5) is 26.3 Å². The van der Waals surface area contributed by atoms with Crippen molar-refractivity contribution in [1.82, 2.24) is 0 Å². The summed E-state index contributed by atoms with van der Waals surface area (Å²) < 4.78 is 96.7. The second-order valence-electron chi connectivity index (χ2n) is 4.02. The highest BCUT2D eigenvalue weighted by atomic mass is 35.5. The number of ether oxygens (including phenoxy) is 1. The van der Waals surface area contributed by atoms with Crippen molar-refractivity contribution in [3.8, 4) is 0 Å². The van der Waals surface area contributed by atoms with Crippen LogP contribution in [0.15, 0.2) is 0 Å². The maximum absolute atomic E-state index is 12.1. The second kappa shape index (κ2) is 6.59. The fourth-order valence-electron chi connectivity index (χ4n) is 1.25. The highest BCUT2D eigenvalue weighted by Crippen LogP contribution is 2.36. The van der Waals surface area contributed by atoms with Crippen LogP contribution < -0.4 is 0 Å². The van der Waals surface area contributed by atoms with E-state index in [-0.39, 0.29) is 0 Å². The maximum atomic E-state index is 12.1. The van der Waals surface area contributed by atoms with E-state index >= 15 is 0 Å². The predicted molar refractivity (Wildman–Crippen MR) is 60.3 cm³/mol. The number of halogens is 7. The Kier molecular flexibility index (Phi) is 6.37. The number of methoxy groups -OCH3 is 1. The number of alkyl halides is 7. The van der Waals surface area contributed by atoms with Gasteiger partial charge in [0.15, 0.2) is 9.84 Å². The molecule has 12 heteroatoms. The molecule has 21 heavy (non-hydrogen) atoms. The van der Waals surface area contributed by atoms with E-state index in [1.54, 1.807) is 0 Å². The van der Waals surface area contributed by atoms with Gasteiger partial charge in [0.1, 0.15) is 0 Å². The third kappa shape index (κ3) is 6.29. The van der Waals surface area contributed by atoms with Crippen LogP contribution in [0.3, 0.4) is 0 Å². The SMILES string of the molecule is COC(=O)C(Cl)(CCC(F)(F)F)S(=O)(=O)CCC(F)(F)F. The zero-order valence-corrected chi connectivity index (χ0v) is 12.1. The lowest BCUT2D eigenvalue weighted by Gasteiger charge is -2.25. The Morgan fingerprint density at radius 2 is 1.43 bits per heavy atom. The number of rotatable bonds is 6. The van der Waals surface area contributed by atoms with Gasteiger partial charge in [0.2, 0.25) is 4.21 Å². The van der Waals surface area contributed by atoms with Gasteiger partial charge in [-0.05, 0) is 0 Å². The Morgan fingerprint density at radius 1 is 1.00 bits per heavy atom. The average molecular weight is 365 g/mol. The largest absolute Gasteiger partial charge is 0.467 e. The number of carbonyl (C=O) groups is 1. The first-order valence-electron chi connectivity index (χ1n) is 5.28.